The van der Waals surface area contributed by atoms with Crippen LogP contribution < -0.4 is 11.1 Å². The number of amides is 1. The predicted molar refractivity (Wildman–Crippen MR) is 60.0 cm³/mol. The van der Waals surface area contributed by atoms with E-state index in [4.69, 9.17) is 21.9 Å². The molecule has 1 rings (SSSR count). The van der Waals surface area contributed by atoms with Crippen molar-refractivity contribution in [3.8, 4) is 0 Å². The Kier molecular flexibility index (Phi) is 3.74. The van der Waals surface area contributed by atoms with E-state index in [2.05, 4.69) is 5.32 Å². The van der Waals surface area contributed by atoms with Crippen molar-refractivity contribution in [1.82, 2.24) is 0 Å². The Balaban J connectivity index is 3.14. The minimum Gasteiger partial charge on any atom is -0.397 e. The van der Waals surface area contributed by atoms with Gasteiger partial charge >= 0.3 is 0 Å². The number of halogens is 1. The first-order chi connectivity index (χ1) is 7.34. The van der Waals surface area contributed by atoms with Crippen molar-refractivity contribution in [1.29, 1.82) is 0 Å². The molecule has 0 bridgehead atoms. The summed E-state index contributed by atoms with van der Waals surface area (Å²) in [7, 11) is -4.32. The molecule has 0 aromatic heterocycles. The SMILES string of the molecule is Nc1ccc(S(=O)(=O)O)cc1NC(=O)CCl. The lowest BCUT2D eigenvalue weighted by molar-refractivity contribution is -0.113. The molecule has 1 aromatic carbocycles. The topological polar surface area (TPSA) is 109 Å². The second kappa shape index (κ2) is 4.69. The summed E-state index contributed by atoms with van der Waals surface area (Å²) < 4.78 is 30.4. The lowest BCUT2D eigenvalue weighted by Gasteiger charge is -2.07. The zero-order chi connectivity index (χ0) is 12.3. The Morgan fingerprint density at radius 3 is 2.62 bits per heavy atom. The summed E-state index contributed by atoms with van der Waals surface area (Å²) in [5, 5.41) is 2.30. The van der Waals surface area contributed by atoms with Gasteiger partial charge in [-0.2, -0.15) is 8.42 Å². The first kappa shape index (κ1) is 12.8. The van der Waals surface area contributed by atoms with E-state index in [0.717, 1.165) is 12.1 Å². The van der Waals surface area contributed by atoms with Crippen molar-refractivity contribution in [2.45, 2.75) is 4.90 Å². The van der Waals surface area contributed by atoms with E-state index < -0.39 is 16.0 Å². The van der Waals surface area contributed by atoms with Crippen LogP contribution in [0, 0.1) is 0 Å². The number of hydrogen-bond acceptors (Lipinski definition) is 4. The van der Waals surface area contributed by atoms with Crippen LogP contribution in [0.4, 0.5) is 11.4 Å². The van der Waals surface area contributed by atoms with Crippen molar-refractivity contribution in [3.63, 3.8) is 0 Å². The minimum atomic E-state index is -4.32. The van der Waals surface area contributed by atoms with Crippen LogP contribution >= 0.6 is 11.6 Å². The number of rotatable bonds is 3. The molecule has 16 heavy (non-hydrogen) atoms. The number of anilines is 2. The summed E-state index contributed by atoms with van der Waals surface area (Å²) in [6, 6.07) is 3.43. The molecular formula is C8H9ClN2O4S. The molecule has 1 aromatic rings. The molecule has 8 heteroatoms. The molecule has 0 fully saturated rings. The Labute approximate surface area is 97.1 Å². The fourth-order valence-corrected chi connectivity index (χ4v) is 1.56. The van der Waals surface area contributed by atoms with Crippen LogP contribution in [0.25, 0.3) is 0 Å². The maximum atomic E-state index is 11.0. The molecule has 0 aliphatic rings. The Morgan fingerprint density at radius 2 is 2.12 bits per heavy atom. The zero-order valence-corrected chi connectivity index (χ0v) is 9.55. The van der Waals surface area contributed by atoms with Gasteiger partial charge in [-0.1, -0.05) is 0 Å². The number of hydrogen-bond donors (Lipinski definition) is 3. The van der Waals surface area contributed by atoms with Gasteiger partial charge in [-0.05, 0) is 18.2 Å². The lowest BCUT2D eigenvalue weighted by Crippen LogP contribution is -2.14. The van der Waals surface area contributed by atoms with Gasteiger partial charge in [0.15, 0.2) is 0 Å². The first-order valence-corrected chi connectivity index (χ1v) is 6.05. The van der Waals surface area contributed by atoms with Crippen molar-refractivity contribution < 1.29 is 17.8 Å². The summed E-state index contributed by atoms with van der Waals surface area (Å²) in [4.78, 5) is 10.6. The van der Waals surface area contributed by atoms with Gasteiger partial charge in [0.1, 0.15) is 5.88 Å². The van der Waals surface area contributed by atoms with E-state index in [9.17, 15) is 13.2 Å². The number of carbonyl (C=O) groups is 1. The van der Waals surface area contributed by atoms with Gasteiger partial charge in [-0.15, -0.1) is 11.6 Å². The molecule has 1 amide bonds. The number of benzene rings is 1. The fourth-order valence-electron chi connectivity index (χ4n) is 0.988. The summed E-state index contributed by atoms with van der Waals surface area (Å²) in [5.74, 6) is -0.809. The van der Waals surface area contributed by atoms with Gasteiger partial charge in [0.05, 0.1) is 16.3 Å². The molecule has 6 nitrogen and oxygen atoms in total. The maximum absolute atomic E-state index is 11.0. The van der Waals surface area contributed by atoms with Gasteiger partial charge < -0.3 is 11.1 Å². The van der Waals surface area contributed by atoms with E-state index in [1.165, 1.54) is 6.07 Å². The Hall–Kier alpha value is -1.31. The Morgan fingerprint density at radius 1 is 1.50 bits per heavy atom. The van der Waals surface area contributed by atoms with Crippen LogP contribution in [0.5, 0.6) is 0 Å². The molecular weight excluding hydrogens is 256 g/mol. The number of nitrogen functional groups attached to an aromatic ring is 1. The van der Waals surface area contributed by atoms with E-state index in [1.807, 2.05) is 0 Å². The second-order valence-electron chi connectivity index (χ2n) is 2.91. The van der Waals surface area contributed by atoms with Crippen molar-refractivity contribution >= 4 is 39.0 Å². The summed E-state index contributed by atoms with van der Waals surface area (Å²) >= 11 is 5.26. The Bertz CT molecular complexity index is 515. The van der Waals surface area contributed by atoms with Crippen LogP contribution in [0.15, 0.2) is 23.1 Å². The number of nitrogens with two attached hydrogens (primary N) is 1. The molecule has 0 aliphatic carbocycles. The number of alkyl halides is 1. The number of nitrogens with one attached hydrogen (secondary N) is 1. The third kappa shape index (κ3) is 3.09. The highest BCUT2D eigenvalue weighted by atomic mass is 35.5. The molecule has 88 valence electrons. The highest BCUT2D eigenvalue weighted by Gasteiger charge is 2.12. The largest absolute Gasteiger partial charge is 0.397 e. The fraction of sp³-hybridized carbons (Fsp3) is 0.125. The van der Waals surface area contributed by atoms with Gasteiger partial charge in [-0.3, -0.25) is 9.35 Å². The van der Waals surface area contributed by atoms with Crippen molar-refractivity contribution in [2.24, 2.45) is 0 Å². The summed E-state index contributed by atoms with van der Waals surface area (Å²) in [5.41, 5.74) is 5.76. The molecule has 0 spiro atoms. The molecule has 0 saturated heterocycles. The molecule has 0 unspecified atom stereocenters. The smallest absolute Gasteiger partial charge is 0.294 e. The predicted octanol–water partition coefficient (Wildman–Crippen LogP) is 0.693. The average Bonchev–Trinajstić information content (AvgIpc) is 2.19. The van der Waals surface area contributed by atoms with E-state index in [0.29, 0.717) is 0 Å². The molecule has 0 aliphatic heterocycles. The van der Waals surface area contributed by atoms with Gasteiger partial charge in [0.2, 0.25) is 5.91 Å². The summed E-state index contributed by atoms with van der Waals surface area (Å²) in [6.45, 7) is 0. The van der Waals surface area contributed by atoms with Crippen LogP contribution in [0.2, 0.25) is 0 Å². The molecule has 4 N–H and O–H groups in total. The normalized spacial score (nSPS) is 11.1. The van der Waals surface area contributed by atoms with E-state index in [-0.39, 0.29) is 22.2 Å². The molecule has 0 saturated carbocycles. The van der Waals surface area contributed by atoms with Crippen molar-refractivity contribution in [2.75, 3.05) is 16.9 Å². The van der Waals surface area contributed by atoms with Gasteiger partial charge in [0.25, 0.3) is 10.1 Å². The lowest BCUT2D eigenvalue weighted by atomic mass is 10.2. The monoisotopic (exact) mass is 264 g/mol. The highest BCUT2D eigenvalue weighted by molar-refractivity contribution is 7.85. The quantitative estimate of drug-likeness (QED) is 0.423. The number of carbonyl (C=O) groups excluding carboxylic acids is 1. The second-order valence-corrected chi connectivity index (χ2v) is 4.59. The third-order valence-electron chi connectivity index (χ3n) is 1.72. The van der Waals surface area contributed by atoms with E-state index >= 15 is 0 Å². The zero-order valence-electron chi connectivity index (χ0n) is 7.97. The standard InChI is InChI=1S/C8H9ClN2O4S/c9-4-8(12)11-7-3-5(16(13,14)15)1-2-6(7)10/h1-3H,4,10H2,(H,11,12)(H,13,14,15). The maximum Gasteiger partial charge on any atom is 0.294 e. The minimum absolute atomic E-state index is 0.0841. The van der Waals surface area contributed by atoms with Crippen molar-refractivity contribution in [3.05, 3.63) is 18.2 Å². The average molecular weight is 265 g/mol. The van der Waals surface area contributed by atoms with Crippen LogP contribution in [0.1, 0.15) is 0 Å². The molecule has 0 radical (unpaired) electrons. The van der Waals surface area contributed by atoms with Crippen LogP contribution in [0.3, 0.4) is 0 Å². The van der Waals surface area contributed by atoms with Gasteiger partial charge in [-0.25, -0.2) is 0 Å². The van der Waals surface area contributed by atoms with Crippen LogP contribution in [-0.4, -0.2) is 24.8 Å². The van der Waals surface area contributed by atoms with Gasteiger partial charge in [0, 0.05) is 0 Å². The van der Waals surface area contributed by atoms with E-state index in [1.54, 1.807) is 0 Å². The third-order valence-corrected chi connectivity index (χ3v) is 2.81. The highest BCUT2D eigenvalue weighted by Crippen LogP contribution is 2.22. The molecule has 0 atom stereocenters. The summed E-state index contributed by atoms with van der Waals surface area (Å²) in [6.07, 6.45) is 0. The van der Waals surface area contributed by atoms with Crippen LogP contribution in [-0.2, 0) is 14.9 Å². The molecule has 0 heterocycles. The first-order valence-electron chi connectivity index (χ1n) is 4.07.